The van der Waals surface area contributed by atoms with Crippen molar-refractivity contribution in [1.29, 1.82) is 0 Å². The third kappa shape index (κ3) is 3.27. The van der Waals surface area contributed by atoms with Gasteiger partial charge in [0.15, 0.2) is 0 Å². The largest absolute Gasteiger partial charge is 0.388 e. The SMILES string of the molecule is NCC(c1cccc(Cl)c1)C(O)c1c(Cl)cccc1Cl. The van der Waals surface area contributed by atoms with Crippen LogP contribution < -0.4 is 5.73 Å². The second-order valence-electron chi connectivity index (χ2n) is 4.48. The summed E-state index contributed by atoms with van der Waals surface area (Å²) in [6.07, 6.45) is -0.889. The Bertz CT molecular complexity index is 583. The summed E-state index contributed by atoms with van der Waals surface area (Å²) < 4.78 is 0. The Morgan fingerprint density at radius 1 is 1.00 bits per heavy atom. The van der Waals surface area contributed by atoms with Gasteiger partial charge in [-0.2, -0.15) is 0 Å². The number of nitrogens with two attached hydrogens (primary N) is 1. The average molecular weight is 331 g/mol. The van der Waals surface area contributed by atoms with E-state index in [0.717, 1.165) is 5.56 Å². The predicted molar refractivity (Wildman–Crippen MR) is 84.7 cm³/mol. The maximum atomic E-state index is 10.6. The van der Waals surface area contributed by atoms with Crippen molar-refractivity contribution in [2.45, 2.75) is 12.0 Å². The van der Waals surface area contributed by atoms with Gasteiger partial charge in [0.25, 0.3) is 0 Å². The van der Waals surface area contributed by atoms with E-state index < -0.39 is 6.10 Å². The molecule has 0 saturated heterocycles. The van der Waals surface area contributed by atoms with Crippen LogP contribution in [0.5, 0.6) is 0 Å². The molecule has 0 aliphatic heterocycles. The Morgan fingerprint density at radius 2 is 1.60 bits per heavy atom. The van der Waals surface area contributed by atoms with Gasteiger partial charge in [-0.15, -0.1) is 0 Å². The van der Waals surface area contributed by atoms with E-state index in [9.17, 15) is 5.11 Å². The molecule has 0 amide bonds. The van der Waals surface area contributed by atoms with Gasteiger partial charge in [0.1, 0.15) is 0 Å². The highest BCUT2D eigenvalue weighted by Crippen LogP contribution is 2.38. The Hall–Kier alpha value is -0.770. The van der Waals surface area contributed by atoms with Gasteiger partial charge >= 0.3 is 0 Å². The molecule has 0 aromatic heterocycles. The molecule has 2 rings (SSSR count). The average Bonchev–Trinajstić information content (AvgIpc) is 2.39. The van der Waals surface area contributed by atoms with Crippen LogP contribution in [-0.4, -0.2) is 11.7 Å². The van der Waals surface area contributed by atoms with Crippen LogP contribution in [0, 0.1) is 0 Å². The van der Waals surface area contributed by atoms with Crippen LogP contribution in [0.1, 0.15) is 23.1 Å². The van der Waals surface area contributed by atoms with Gasteiger partial charge in [-0.3, -0.25) is 0 Å². The third-order valence-electron chi connectivity index (χ3n) is 3.21. The van der Waals surface area contributed by atoms with Crippen LogP contribution in [0.4, 0.5) is 0 Å². The van der Waals surface area contributed by atoms with Gasteiger partial charge in [-0.1, -0.05) is 53.0 Å². The van der Waals surface area contributed by atoms with Crippen LogP contribution in [0.2, 0.25) is 15.1 Å². The zero-order valence-corrected chi connectivity index (χ0v) is 12.8. The lowest BCUT2D eigenvalue weighted by molar-refractivity contribution is 0.147. The Kier molecular flexibility index (Phi) is 5.30. The molecule has 3 N–H and O–H groups in total. The van der Waals surface area contributed by atoms with E-state index in [0.29, 0.717) is 20.6 Å². The van der Waals surface area contributed by atoms with Crippen molar-refractivity contribution in [3.05, 3.63) is 68.7 Å². The molecule has 20 heavy (non-hydrogen) atoms. The molecule has 2 atom stereocenters. The molecule has 0 heterocycles. The summed E-state index contributed by atoms with van der Waals surface area (Å²) in [4.78, 5) is 0. The quantitative estimate of drug-likeness (QED) is 0.871. The molecule has 2 nitrogen and oxygen atoms in total. The molecule has 0 saturated carbocycles. The minimum absolute atomic E-state index is 0.253. The number of rotatable bonds is 4. The molecule has 0 aliphatic rings. The number of hydrogen-bond donors (Lipinski definition) is 2. The molecule has 0 fully saturated rings. The molecule has 0 bridgehead atoms. The first-order valence-electron chi connectivity index (χ1n) is 6.12. The van der Waals surface area contributed by atoms with Crippen LogP contribution >= 0.6 is 34.8 Å². The van der Waals surface area contributed by atoms with E-state index in [2.05, 4.69) is 0 Å². The first-order valence-corrected chi connectivity index (χ1v) is 7.25. The summed E-state index contributed by atoms with van der Waals surface area (Å²) in [5, 5.41) is 12.0. The van der Waals surface area contributed by atoms with Gasteiger partial charge in [0.2, 0.25) is 0 Å². The molecule has 0 radical (unpaired) electrons. The molecule has 0 spiro atoms. The lowest BCUT2D eigenvalue weighted by atomic mass is 9.89. The maximum absolute atomic E-state index is 10.6. The molecule has 5 heteroatoms. The molecule has 2 aromatic rings. The van der Waals surface area contributed by atoms with Gasteiger partial charge in [-0.05, 0) is 29.8 Å². The van der Waals surface area contributed by atoms with E-state index in [-0.39, 0.29) is 12.5 Å². The molecule has 106 valence electrons. The van der Waals surface area contributed by atoms with E-state index >= 15 is 0 Å². The van der Waals surface area contributed by atoms with Crippen LogP contribution in [0.25, 0.3) is 0 Å². The smallest absolute Gasteiger partial charge is 0.0899 e. The molecule has 2 unspecified atom stereocenters. The van der Waals surface area contributed by atoms with Crippen molar-refractivity contribution >= 4 is 34.8 Å². The van der Waals surface area contributed by atoms with E-state index in [4.69, 9.17) is 40.5 Å². The Labute approximate surface area is 133 Å². The highest BCUT2D eigenvalue weighted by Gasteiger charge is 2.25. The third-order valence-corrected chi connectivity index (χ3v) is 4.10. The Balaban J connectivity index is 2.41. The monoisotopic (exact) mass is 329 g/mol. The fraction of sp³-hybridized carbons (Fsp3) is 0.200. The zero-order valence-electron chi connectivity index (χ0n) is 10.6. The van der Waals surface area contributed by atoms with Gasteiger partial charge < -0.3 is 10.8 Å². The first kappa shape index (κ1) is 15.6. The summed E-state index contributed by atoms with van der Waals surface area (Å²) in [5.41, 5.74) is 7.15. The number of halogens is 3. The summed E-state index contributed by atoms with van der Waals surface area (Å²) >= 11 is 18.3. The molecular weight excluding hydrogens is 317 g/mol. The van der Waals surface area contributed by atoms with Crippen molar-refractivity contribution < 1.29 is 5.11 Å². The summed E-state index contributed by atoms with van der Waals surface area (Å²) in [7, 11) is 0. The second kappa shape index (κ2) is 6.79. The van der Waals surface area contributed by atoms with Gasteiger partial charge in [0.05, 0.1) is 6.10 Å². The molecule has 0 aliphatic carbocycles. The normalized spacial score (nSPS) is 14.1. The zero-order chi connectivity index (χ0) is 14.7. The van der Waals surface area contributed by atoms with Crippen molar-refractivity contribution in [2.75, 3.05) is 6.54 Å². The molecule has 2 aromatic carbocycles. The van der Waals surface area contributed by atoms with Crippen molar-refractivity contribution in [3.63, 3.8) is 0 Å². The standard InChI is InChI=1S/C15H14Cl3NO/c16-10-4-1-3-9(7-10)11(8-19)15(20)14-12(17)5-2-6-13(14)18/h1-7,11,15,20H,8,19H2. The van der Waals surface area contributed by atoms with Crippen molar-refractivity contribution in [1.82, 2.24) is 0 Å². The van der Waals surface area contributed by atoms with Gasteiger partial charge in [0, 0.05) is 33.1 Å². The maximum Gasteiger partial charge on any atom is 0.0899 e. The summed E-state index contributed by atoms with van der Waals surface area (Å²) in [6, 6.07) is 12.4. The lowest BCUT2D eigenvalue weighted by Crippen LogP contribution is -2.20. The summed E-state index contributed by atoms with van der Waals surface area (Å²) in [6.45, 7) is 0.253. The van der Waals surface area contributed by atoms with E-state index in [1.165, 1.54) is 0 Å². The fourth-order valence-electron chi connectivity index (χ4n) is 2.18. The second-order valence-corrected chi connectivity index (χ2v) is 5.73. The lowest BCUT2D eigenvalue weighted by Gasteiger charge is -2.24. The van der Waals surface area contributed by atoms with E-state index in [1.807, 2.05) is 12.1 Å². The fourth-order valence-corrected chi connectivity index (χ4v) is 3.00. The predicted octanol–water partition coefficient (Wildman–Crippen LogP) is 4.42. The van der Waals surface area contributed by atoms with Crippen LogP contribution in [-0.2, 0) is 0 Å². The first-order chi connectivity index (χ1) is 9.54. The highest BCUT2D eigenvalue weighted by molar-refractivity contribution is 6.36. The minimum Gasteiger partial charge on any atom is -0.388 e. The van der Waals surface area contributed by atoms with E-state index in [1.54, 1.807) is 30.3 Å². The van der Waals surface area contributed by atoms with Gasteiger partial charge in [-0.25, -0.2) is 0 Å². The Morgan fingerprint density at radius 3 is 2.15 bits per heavy atom. The van der Waals surface area contributed by atoms with Crippen LogP contribution in [0.3, 0.4) is 0 Å². The van der Waals surface area contributed by atoms with Crippen LogP contribution in [0.15, 0.2) is 42.5 Å². The minimum atomic E-state index is -0.889. The number of benzene rings is 2. The number of aliphatic hydroxyl groups is 1. The number of aliphatic hydroxyl groups excluding tert-OH is 1. The topological polar surface area (TPSA) is 46.2 Å². The van der Waals surface area contributed by atoms with Crippen molar-refractivity contribution in [3.8, 4) is 0 Å². The summed E-state index contributed by atoms with van der Waals surface area (Å²) in [5.74, 6) is -0.328. The van der Waals surface area contributed by atoms with Crippen molar-refractivity contribution in [2.24, 2.45) is 5.73 Å². The highest BCUT2D eigenvalue weighted by atomic mass is 35.5. The number of hydrogen-bond acceptors (Lipinski definition) is 2. The molecular formula is C15H14Cl3NO.